The molecule has 1 atom stereocenters. The van der Waals surface area contributed by atoms with Gasteiger partial charge in [-0.3, -0.25) is 0 Å². The van der Waals surface area contributed by atoms with E-state index in [4.69, 9.17) is 9.47 Å². The number of nitrogens with one attached hydrogen (secondary N) is 1. The van der Waals surface area contributed by atoms with Gasteiger partial charge in [0.2, 0.25) is 0 Å². The molecule has 0 saturated heterocycles. The van der Waals surface area contributed by atoms with Crippen molar-refractivity contribution in [2.45, 2.75) is 13.0 Å². The molecule has 1 N–H and O–H groups in total. The van der Waals surface area contributed by atoms with Gasteiger partial charge in [0, 0.05) is 0 Å². The fourth-order valence-electron chi connectivity index (χ4n) is 2.34. The Hall–Kier alpha value is -2.23. The summed E-state index contributed by atoms with van der Waals surface area (Å²) in [5.41, 5.74) is 2.90. The normalized spacial score (nSPS) is 16.9. The van der Waals surface area contributed by atoms with E-state index in [9.17, 15) is 4.39 Å². The van der Waals surface area contributed by atoms with Gasteiger partial charge in [-0.1, -0.05) is 12.1 Å². The number of methoxy groups -OCH3 is 1. The fourth-order valence-corrected chi connectivity index (χ4v) is 2.34. The molecule has 20 heavy (non-hydrogen) atoms. The highest BCUT2D eigenvalue weighted by Crippen LogP contribution is 2.35. The first-order chi connectivity index (χ1) is 9.67. The number of hydrogen-bond acceptors (Lipinski definition) is 3. The van der Waals surface area contributed by atoms with Crippen LogP contribution >= 0.6 is 0 Å². The molecule has 0 bridgehead atoms. The van der Waals surface area contributed by atoms with Crippen molar-refractivity contribution >= 4 is 5.69 Å². The number of rotatable bonds is 2. The van der Waals surface area contributed by atoms with E-state index in [1.807, 2.05) is 31.2 Å². The van der Waals surface area contributed by atoms with Crippen LogP contribution in [0.25, 0.3) is 0 Å². The van der Waals surface area contributed by atoms with Crippen LogP contribution in [0.2, 0.25) is 0 Å². The summed E-state index contributed by atoms with van der Waals surface area (Å²) in [4.78, 5) is 0. The Balaban J connectivity index is 1.88. The van der Waals surface area contributed by atoms with Gasteiger partial charge in [-0.25, -0.2) is 4.39 Å². The Morgan fingerprint density at radius 1 is 1.25 bits per heavy atom. The van der Waals surface area contributed by atoms with Gasteiger partial charge >= 0.3 is 0 Å². The molecular weight excluding hydrogens is 257 g/mol. The van der Waals surface area contributed by atoms with Crippen molar-refractivity contribution in [3.8, 4) is 11.5 Å². The van der Waals surface area contributed by atoms with Crippen LogP contribution in [0.4, 0.5) is 10.1 Å². The van der Waals surface area contributed by atoms with Crippen LogP contribution < -0.4 is 14.8 Å². The number of halogens is 1. The topological polar surface area (TPSA) is 30.5 Å². The molecule has 3 nitrogen and oxygen atoms in total. The molecule has 104 valence electrons. The predicted molar refractivity (Wildman–Crippen MR) is 76.0 cm³/mol. The molecule has 1 aliphatic rings. The van der Waals surface area contributed by atoms with E-state index in [-0.39, 0.29) is 17.7 Å². The molecule has 0 fully saturated rings. The minimum absolute atomic E-state index is 0.204. The lowest BCUT2D eigenvalue weighted by atomic mass is 10.1. The van der Waals surface area contributed by atoms with Gasteiger partial charge < -0.3 is 14.8 Å². The van der Waals surface area contributed by atoms with Gasteiger partial charge in [0.05, 0.1) is 19.3 Å². The lowest BCUT2D eigenvalue weighted by Crippen LogP contribution is -2.23. The molecule has 0 radical (unpaired) electrons. The summed E-state index contributed by atoms with van der Waals surface area (Å²) in [5, 5.41) is 3.31. The number of fused-ring (bicyclic) bond motifs is 1. The predicted octanol–water partition coefficient (Wildman–Crippen LogP) is 3.69. The quantitative estimate of drug-likeness (QED) is 0.905. The molecule has 0 aliphatic carbocycles. The van der Waals surface area contributed by atoms with Crippen LogP contribution in [0, 0.1) is 12.7 Å². The first kappa shape index (κ1) is 12.8. The van der Waals surface area contributed by atoms with Crippen molar-refractivity contribution in [3.05, 3.63) is 53.3 Å². The van der Waals surface area contributed by atoms with Crippen molar-refractivity contribution in [1.82, 2.24) is 0 Å². The van der Waals surface area contributed by atoms with Gasteiger partial charge in [0.15, 0.2) is 11.6 Å². The maximum absolute atomic E-state index is 13.8. The first-order valence-electron chi connectivity index (χ1n) is 6.52. The summed E-state index contributed by atoms with van der Waals surface area (Å²) in [5.74, 6) is 0.676. The summed E-state index contributed by atoms with van der Waals surface area (Å²) in [6.45, 7) is 2.63. The maximum Gasteiger partial charge on any atom is 0.165 e. The van der Waals surface area contributed by atoms with E-state index in [1.54, 1.807) is 6.07 Å². The zero-order chi connectivity index (χ0) is 14.1. The number of hydrogen-bond donors (Lipinski definition) is 1. The maximum atomic E-state index is 13.8. The fraction of sp³-hybridized carbons (Fsp3) is 0.250. The van der Waals surface area contributed by atoms with E-state index >= 15 is 0 Å². The molecule has 4 heteroatoms. The highest BCUT2D eigenvalue weighted by atomic mass is 19.1. The smallest absolute Gasteiger partial charge is 0.165 e. The summed E-state index contributed by atoms with van der Waals surface area (Å²) < 4.78 is 24.6. The van der Waals surface area contributed by atoms with Crippen molar-refractivity contribution in [2.24, 2.45) is 0 Å². The van der Waals surface area contributed by atoms with Crippen LogP contribution in [0.5, 0.6) is 11.5 Å². The van der Waals surface area contributed by atoms with Gasteiger partial charge in [-0.2, -0.15) is 0 Å². The van der Waals surface area contributed by atoms with Crippen LogP contribution in [0.3, 0.4) is 0 Å². The number of anilines is 1. The average molecular weight is 273 g/mol. The van der Waals surface area contributed by atoms with Crippen molar-refractivity contribution in [2.75, 3.05) is 19.0 Å². The molecular formula is C16H16FNO2. The van der Waals surface area contributed by atoms with Gasteiger partial charge in [0.25, 0.3) is 0 Å². The Labute approximate surface area is 117 Å². The summed E-state index contributed by atoms with van der Waals surface area (Å²) >= 11 is 0. The van der Waals surface area contributed by atoms with E-state index in [0.717, 1.165) is 22.6 Å². The molecule has 0 aromatic heterocycles. The second kappa shape index (κ2) is 5.04. The largest absolute Gasteiger partial charge is 0.494 e. The molecule has 0 saturated carbocycles. The van der Waals surface area contributed by atoms with Crippen molar-refractivity contribution in [1.29, 1.82) is 0 Å². The average Bonchev–Trinajstić information content (AvgIpc) is 2.46. The number of aryl methyl sites for hydroxylation is 1. The van der Waals surface area contributed by atoms with E-state index < -0.39 is 0 Å². The minimum atomic E-state index is -0.372. The summed E-state index contributed by atoms with van der Waals surface area (Å²) in [6, 6.07) is 10.9. The highest BCUT2D eigenvalue weighted by molar-refractivity contribution is 5.59. The lowest BCUT2D eigenvalue weighted by molar-refractivity contribution is 0.209. The zero-order valence-electron chi connectivity index (χ0n) is 11.4. The van der Waals surface area contributed by atoms with Crippen LogP contribution in [0.15, 0.2) is 36.4 Å². The highest BCUT2D eigenvalue weighted by Gasteiger charge is 2.21. The molecule has 2 aromatic carbocycles. The van der Waals surface area contributed by atoms with Gasteiger partial charge in [-0.15, -0.1) is 0 Å². The second-order valence-electron chi connectivity index (χ2n) is 4.88. The lowest BCUT2D eigenvalue weighted by Gasteiger charge is -2.28. The Morgan fingerprint density at radius 3 is 2.85 bits per heavy atom. The van der Waals surface area contributed by atoms with Crippen molar-refractivity contribution in [3.63, 3.8) is 0 Å². The molecule has 2 aromatic rings. The third-order valence-corrected chi connectivity index (χ3v) is 3.43. The van der Waals surface area contributed by atoms with Gasteiger partial charge in [-0.05, 0) is 42.3 Å². The van der Waals surface area contributed by atoms with Crippen molar-refractivity contribution < 1.29 is 13.9 Å². The number of benzene rings is 2. The van der Waals surface area contributed by atoms with E-state index in [0.29, 0.717) is 6.54 Å². The molecule has 1 unspecified atom stereocenters. The monoisotopic (exact) mass is 273 g/mol. The van der Waals surface area contributed by atoms with E-state index in [1.165, 1.54) is 13.2 Å². The molecule has 0 amide bonds. The molecule has 1 aliphatic heterocycles. The third-order valence-electron chi connectivity index (χ3n) is 3.43. The molecule has 3 rings (SSSR count). The zero-order valence-corrected chi connectivity index (χ0v) is 11.4. The molecule has 0 spiro atoms. The third kappa shape index (κ3) is 2.29. The van der Waals surface area contributed by atoms with Gasteiger partial charge in [0.1, 0.15) is 11.9 Å². The van der Waals surface area contributed by atoms with Crippen LogP contribution in [0.1, 0.15) is 17.2 Å². The minimum Gasteiger partial charge on any atom is -0.494 e. The van der Waals surface area contributed by atoms with E-state index in [2.05, 4.69) is 5.32 Å². The standard InChI is InChI=1S/C16H16FNO2/c1-10-3-5-13-15(7-10)20-16(9-18-13)11-4-6-14(19-2)12(17)8-11/h3-8,16,18H,9H2,1-2H3. The summed E-state index contributed by atoms with van der Waals surface area (Å²) in [7, 11) is 1.45. The Morgan fingerprint density at radius 2 is 2.10 bits per heavy atom. The second-order valence-corrected chi connectivity index (χ2v) is 4.88. The first-order valence-corrected chi connectivity index (χ1v) is 6.52. The SMILES string of the molecule is COc1ccc(C2CNc3ccc(C)cc3O2)cc1F. The summed E-state index contributed by atoms with van der Waals surface area (Å²) in [6.07, 6.45) is -0.204. The van der Waals surface area contributed by atoms with Crippen LogP contribution in [-0.4, -0.2) is 13.7 Å². The van der Waals surface area contributed by atoms with Crippen LogP contribution in [-0.2, 0) is 0 Å². The molecule has 1 heterocycles. The Kier molecular flexibility index (Phi) is 3.22. The number of ether oxygens (including phenoxy) is 2. The Bertz CT molecular complexity index is 642.